The molecule has 0 spiro atoms. The predicted octanol–water partition coefficient (Wildman–Crippen LogP) is 2.22. The lowest BCUT2D eigenvalue weighted by Gasteiger charge is -2.23. The van der Waals surface area contributed by atoms with Crippen molar-refractivity contribution in [2.75, 3.05) is 23.4 Å². The molecule has 6 heteroatoms. The summed E-state index contributed by atoms with van der Waals surface area (Å²) < 4.78 is 27.8. The van der Waals surface area contributed by atoms with Crippen LogP contribution in [0, 0.1) is 0 Å². The van der Waals surface area contributed by atoms with Gasteiger partial charge >= 0.3 is 0 Å². The second-order valence-corrected chi connectivity index (χ2v) is 8.30. The third-order valence-electron chi connectivity index (χ3n) is 3.87. The van der Waals surface area contributed by atoms with Crippen LogP contribution in [0.2, 0.25) is 0 Å². The Hall–Kier alpha value is -0.720. The maximum atomic E-state index is 12.4. The monoisotopic (exact) mass is 312 g/mol. The summed E-state index contributed by atoms with van der Waals surface area (Å²) in [5.41, 5.74) is 2.18. The number of hydrogen-bond acceptors (Lipinski definition) is 4. The molecule has 0 unspecified atom stereocenters. The van der Waals surface area contributed by atoms with E-state index in [4.69, 9.17) is 0 Å². The Bertz CT molecular complexity index is 581. The van der Waals surface area contributed by atoms with Gasteiger partial charge in [-0.05, 0) is 61.0 Å². The molecule has 1 saturated heterocycles. The number of aryl methyl sites for hydroxylation is 1. The fourth-order valence-corrected chi connectivity index (χ4v) is 5.18. The first kappa shape index (κ1) is 14.2. The van der Waals surface area contributed by atoms with E-state index < -0.39 is 10.0 Å². The molecule has 4 nitrogen and oxygen atoms in total. The van der Waals surface area contributed by atoms with Gasteiger partial charge in [-0.15, -0.1) is 0 Å². The zero-order chi connectivity index (χ0) is 14.0. The van der Waals surface area contributed by atoms with Gasteiger partial charge in [0.05, 0.1) is 4.90 Å². The molecule has 0 atom stereocenters. The minimum atomic E-state index is -3.38. The van der Waals surface area contributed by atoms with Gasteiger partial charge in [0.25, 0.3) is 0 Å². The molecule has 110 valence electrons. The molecular formula is C14H20N2O2S2. The Kier molecular flexibility index (Phi) is 4.23. The normalized spacial score (nSPS) is 20.2. The molecular weight excluding hydrogens is 292 g/mol. The van der Waals surface area contributed by atoms with Gasteiger partial charge in [0.15, 0.2) is 0 Å². The van der Waals surface area contributed by atoms with Crippen molar-refractivity contribution < 1.29 is 8.42 Å². The van der Waals surface area contributed by atoms with E-state index in [1.807, 2.05) is 23.9 Å². The van der Waals surface area contributed by atoms with E-state index in [2.05, 4.69) is 10.0 Å². The van der Waals surface area contributed by atoms with Crippen molar-refractivity contribution in [2.45, 2.75) is 36.6 Å². The second kappa shape index (κ2) is 5.95. The lowest BCUT2D eigenvalue weighted by Crippen LogP contribution is -2.37. The van der Waals surface area contributed by atoms with Crippen molar-refractivity contribution in [1.29, 1.82) is 0 Å². The average molecular weight is 312 g/mol. The Morgan fingerprint density at radius 3 is 2.85 bits per heavy atom. The molecule has 0 saturated carbocycles. The van der Waals surface area contributed by atoms with Crippen molar-refractivity contribution in [2.24, 2.45) is 0 Å². The fraction of sp³-hybridized carbons (Fsp3) is 0.571. The van der Waals surface area contributed by atoms with Gasteiger partial charge in [-0.3, -0.25) is 0 Å². The Morgan fingerprint density at radius 2 is 2.05 bits per heavy atom. The van der Waals surface area contributed by atoms with Gasteiger partial charge in [-0.1, -0.05) is 0 Å². The summed E-state index contributed by atoms with van der Waals surface area (Å²) in [6, 6.07) is 5.51. The van der Waals surface area contributed by atoms with Crippen molar-refractivity contribution >= 4 is 27.5 Å². The average Bonchev–Trinajstić information content (AvgIpc) is 2.47. The highest BCUT2D eigenvalue weighted by Gasteiger charge is 2.23. The molecule has 3 rings (SSSR count). The van der Waals surface area contributed by atoms with E-state index in [0.717, 1.165) is 55.0 Å². The van der Waals surface area contributed by atoms with Crippen molar-refractivity contribution in [1.82, 2.24) is 4.72 Å². The van der Waals surface area contributed by atoms with Crippen LogP contribution in [-0.2, 0) is 16.4 Å². The molecule has 2 heterocycles. The van der Waals surface area contributed by atoms with Crippen LogP contribution in [0.15, 0.2) is 23.1 Å². The van der Waals surface area contributed by atoms with Crippen molar-refractivity contribution in [3.63, 3.8) is 0 Å². The van der Waals surface area contributed by atoms with Gasteiger partial charge in [-0.25, -0.2) is 13.1 Å². The molecule has 2 aliphatic rings. The molecule has 1 aromatic rings. The van der Waals surface area contributed by atoms with Crippen LogP contribution in [0.4, 0.5) is 5.69 Å². The summed E-state index contributed by atoms with van der Waals surface area (Å²) in [7, 11) is -3.38. The molecule has 2 aliphatic heterocycles. The number of sulfonamides is 1. The van der Waals surface area contributed by atoms with E-state index in [9.17, 15) is 8.42 Å². The molecule has 0 radical (unpaired) electrons. The molecule has 1 aromatic carbocycles. The zero-order valence-electron chi connectivity index (χ0n) is 11.4. The number of benzene rings is 1. The maximum Gasteiger partial charge on any atom is 0.240 e. The molecule has 1 fully saturated rings. The zero-order valence-corrected chi connectivity index (χ0v) is 13.0. The minimum Gasteiger partial charge on any atom is -0.385 e. The standard InChI is InChI=1S/C14H20N2O2S2/c17-20(18,16-12-5-8-19-9-6-12)13-3-4-14-11(10-13)2-1-7-15-14/h3-4,10,12,15-16H,1-2,5-9H2. The summed E-state index contributed by atoms with van der Waals surface area (Å²) in [5, 5.41) is 3.30. The van der Waals surface area contributed by atoms with Gasteiger partial charge in [0.1, 0.15) is 0 Å². The molecule has 0 amide bonds. The van der Waals surface area contributed by atoms with Gasteiger partial charge in [-0.2, -0.15) is 11.8 Å². The number of anilines is 1. The van der Waals surface area contributed by atoms with Crippen LogP contribution < -0.4 is 10.0 Å². The molecule has 0 aromatic heterocycles. The lowest BCUT2D eigenvalue weighted by atomic mass is 10.0. The largest absolute Gasteiger partial charge is 0.385 e. The lowest BCUT2D eigenvalue weighted by molar-refractivity contribution is 0.528. The Labute approximate surface area is 124 Å². The van der Waals surface area contributed by atoms with Crippen molar-refractivity contribution in [3.8, 4) is 0 Å². The summed E-state index contributed by atoms with van der Waals surface area (Å²) in [4.78, 5) is 0.401. The molecule has 0 bridgehead atoms. The number of thioether (sulfide) groups is 1. The topological polar surface area (TPSA) is 58.2 Å². The number of fused-ring (bicyclic) bond motifs is 1. The van der Waals surface area contributed by atoms with E-state index in [-0.39, 0.29) is 6.04 Å². The maximum absolute atomic E-state index is 12.4. The smallest absolute Gasteiger partial charge is 0.240 e. The highest BCUT2D eigenvalue weighted by molar-refractivity contribution is 7.99. The van der Waals surface area contributed by atoms with Gasteiger partial charge in [0.2, 0.25) is 10.0 Å². The molecule has 20 heavy (non-hydrogen) atoms. The third kappa shape index (κ3) is 3.13. The van der Waals surface area contributed by atoms with E-state index in [1.165, 1.54) is 0 Å². The van der Waals surface area contributed by atoms with Gasteiger partial charge < -0.3 is 5.32 Å². The SMILES string of the molecule is O=S(=O)(NC1CCSCC1)c1ccc2c(c1)CCCN2. The quantitative estimate of drug-likeness (QED) is 0.898. The van der Waals surface area contributed by atoms with Crippen LogP contribution in [-0.4, -0.2) is 32.5 Å². The van der Waals surface area contributed by atoms with Crippen LogP contribution in [0.1, 0.15) is 24.8 Å². The summed E-state index contributed by atoms with van der Waals surface area (Å²) >= 11 is 1.90. The molecule has 0 aliphatic carbocycles. The van der Waals surface area contributed by atoms with Crippen LogP contribution in [0.25, 0.3) is 0 Å². The highest BCUT2D eigenvalue weighted by Crippen LogP contribution is 2.26. The van der Waals surface area contributed by atoms with Crippen LogP contribution >= 0.6 is 11.8 Å². The fourth-order valence-electron chi connectivity index (χ4n) is 2.72. The van der Waals surface area contributed by atoms with Crippen LogP contribution in [0.5, 0.6) is 0 Å². The van der Waals surface area contributed by atoms with E-state index in [1.54, 1.807) is 6.07 Å². The first-order valence-electron chi connectivity index (χ1n) is 7.12. The molecule has 2 N–H and O–H groups in total. The van der Waals surface area contributed by atoms with Gasteiger partial charge in [0, 0.05) is 18.3 Å². The third-order valence-corrected chi connectivity index (χ3v) is 6.44. The predicted molar refractivity (Wildman–Crippen MR) is 83.9 cm³/mol. The number of hydrogen-bond donors (Lipinski definition) is 2. The highest BCUT2D eigenvalue weighted by atomic mass is 32.2. The Balaban J connectivity index is 1.79. The minimum absolute atomic E-state index is 0.0930. The Morgan fingerprint density at radius 1 is 1.25 bits per heavy atom. The first-order chi connectivity index (χ1) is 9.65. The first-order valence-corrected chi connectivity index (χ1v) is 9.76. The second-order valence-electron chi connectivity index (χ2n) is 5.36. The van der Waals surface area contributed by atoms with Crippen molar-refractivity contribution in [3.05, 3.63) is 23.8 Å². The summed E-state index contributed by atoms with van der Waals surface area (Å²) in [6.07, 6.45) is 3.86. The number of rotatable bonds is 3. The van der Waals surface area contributed by atoms with E-state index in [0.29, 0.717) is 4.90 Å². The summed E-state index contributed by atoms with van der Waals surface area (Å²) in [6.45, 7) is 0.969. The van der Waals surface area contributed by atoms with E-state index >= 15 is 0 Å². The summed E-state index contributed by atoms with van der Waals surface area (Å²) in [5.74, 6) is 2.09. The number of nitrogens with one attached hydrogen (secondary N) is 2. The van der Waals surface area contributed by atoms with Crippen LogP contribution in [0.3, 0.4) is 0 Å².